The summed E-state index contributed by atoms with van der Waals surface area (Å²) < 4.78 is 38.8. The van der Waals surface area contributed by atoms with Gasteiger partial charge in [-0.15, -0.1) is 13.2 Å². The minimum absolute atomic E-state index is 0.0273. The Morgan fingerprint density at radius 3 is 2.62 bits per heavy atom. The lowest BCUT2D eigenvalue weighted by Gasteiger charge is -2.08. The summed E-state index contributed by atoms with van der Waals surface area (Å²) >= 11 is 0. The van der Waals surface area contributed by atoms with E-state index in [1.165, 1.54) is 0 Å². The highest BCUT2D eigenvalue weighted by atomic mass is 19.4. The zero-order valence-corrected chi connectivity index (χ0v) is 7.69. The Morgan fingerprint density at radius 2 is 2.19 bits per heavy atom. The van der Waals surface area contributed by atoms with Crippen LogP contribution in [0.2, 0.25) is 0 Å². The fraction of sp³-hybridized carbons (Fsp3) is 0.286. The highest BCUT2D eigenvalue weighted by Gasteiger charge is 2.32. The molecule has 16 heavy (non-hydrogen) atoms. The van der Waals surface area contributed by atoms with Crippen LogP contribution in [0.3, 0.4) is 0 Å². The fourth-order valence-electron chi connectivity index (χ4n) is 0.956. The maximum atomic E-state index is 11.8. The van der Waals surface area contributed by atoms with Gasteiger partial charge in [0.05, 0.1) is 16.6 Å². The summed E-state index contributed by atoms with van der Waals surface area (Å²) in [6.07, 6.45) is -4.07. The molecule has 9 heteroatoms. The van der Waals surface area contributed by atoms with E-state index in [1.54, 1.807) is 0 Å². The Labute approximate surface area is 87.0 Å². The SMILES string of the molecule is NCc1cnc(OC(F)(F)F)cc1[N+](=O)[O-]. The molecule has 0 saturated heterocycles. The molecule has 6 nitrogen and oxygen atoms in total. The van der Waals surface area contributed by atoms with Crippen LogP contribution in [0.15, 0.2) is 12.3 Å². The lowest BCUT2D eigenvalue weighted by atomic mass is 10.2. The van der Waals surface area contributed by atoms with Gasteiger partial charge in [0, 0.05) is 12.7 Å². The van der Waals surface area contributed by atoms with Crippen LogP contribution in [0.1, 0.15) is 5.56 Å². The number of halogens is 3. The van der Waals surface area contributed by atoms with Gasteiger partial charge in [0.2, 0.25) is 5.88 Å². The molecular weight excluding hydrogens is 231 g/mol. The summed E-state index contributed by atoms with van der Waals surface area (Å²) in [4.78, 5) is 12.9. The van der Waals surface area contributed by atoms with Gasteiger partial charge in [0.25, 0.3) is 5.69 Å². The molecule has 0 atom stereocenters. The molecule has 0 amide bonds. The number of pyridine rings is 1. The Morgan fingerprint density at radius 1 is 1.56 bits per heavy atom. The summed E-state index contributed by atoms with van der Waals surface area (Å²) in [5, 5.41) is 10.5. The average molecular weight is 237 g/mol. The molecular formula is C7H6F3N3O3. The molecule has 1 aromatic heterocycles. The lowest BCUT2D eigenvalue weighted by Crippen LogP contribution is -2.18. The van der Waals surface area contributed by atoms with Crippen molar-refractivity contribution in [3.63, 3.8) is 0 Å². The third-order valence-electron chi connectivity index (χ3n) is 1.57. The van der Waals surface area contributed by atoms with Gasteiger partial charge in [0.15, 0.2) is 0 Å². The van der Waals surface area contributed by atoms with E-state index >= 15 is 0 Å². The fourth-order valence-corrected chi connectivity index (χ4v) is 0.956. The summed E-state index contributed by atoms with van der Waals surface area (Å²) in [5.74, 6) is -0.892. The van der Waals surface area contributed by atoms with Crippen LogP contribution in [-0.2, 0) is 6.54 Å². The van der Waals surface area contributed by atoms with Crippen molar-refractivity contribution in [3.8, 4) is 5.88 Å². The Bertz CT molecular complexity index is 408. The van der Waals surface area contributed by atoms with Crippen LogP contribution in [0, 0.1) is 10.1 Å². The van der Waals surface area contributed by atoms with Crippen molar-refractivity contribution >= 4 is 5.69 Å². The first-order valence-corrected chi connectivity index (χ1v) is 3.92. The molecule has 0 fully saturated rings. The first kappa shape index (κ1) is 12.2. The van der Waals surface area contributed by atoms with E-state index in [4.69, 9.17) is 5.73 Å². The first-order valence-electron chi connectivity index (χ1n) is 3.92. The first-order chi connectivity index (χ1) is 7.33. The van der Waals surface area contributed by atoms with Crippen LogP contribution < -0.4 is 10.5 Å². The molecule has 2 N–H and O–H groups in total. The van der Waals surface area contributed by atoms with Gasteiger partial charge >= 0.3 is 6.36 Å². The van der Waals surface area contributed by atoms with E-state index in [1.807, 2.05) is 0 Å². The molecule has 88 valence electrons. The quantitative estimate of drug-likeness (QED) is 0.632. The highest BCUT2D eigenvalue weighted by Crippen LogP contribution is 2.26. The lowest BCUT2D eigenvalue weighted by molar-refractivity contribution is -0.385. The van der Waals surface area contributed by atoms with Crippen molar-refractivity contribution in [1.82, 2.24) is 4.98 Å². The Kier molecular flexibility index (Phi) is 3.28. The number of ether oxygens (including phenoxy) is 1. The van der Waals surface area contributed by atoms with Crippen LogP contribution in [0.5, 0.6) is 5.88 Å². The second kappa shape index (κ2) is 4.31. The van der Waals surface area contributed by atoms with Crippen molar-refractivity contribution in [2.24, 2.45) is 5.73 Å². The minimum atomic E-state index is -4.94. The van der Waals surface area contributed by atoms with Crippen molar-refractivity contribution in [2.75, 3.05) is 0 Å². The third-order valence-corrected chi connectivity index (χ3v) is 1.57. The molecule has 0 aromatic carbocycles. The molecule has 0 radical (unpaired) electrons. The van der Waals surface area contributed by atoms with Gasteiger partial charge in [-0.05, 0) is 0 Å². The number of aromatic nitrogens is 1. The number of nitrogens with zero attached hydrogens (tertiary/aromatic N) is 2. The second-order valence-electron chi connectivity index (χ2n) is 2.66. The smallest absolute Gasteiger partial charge is 0.388 e. The van der Waals surface area contributed by atoms with E-state index in [-0.39, 0.29) is 12.1 Å². The monoisotopic (exact) mass is 237 g/mol. The maximum absolute atomic E-state index is 11.8. The van der Waals surface area contributed by atoms with Gasteiger partial charge in [-0.1, -0.05) is 0 Å². The third kappa shape index (κ3) is 3.05. The van der Waals surface area contributed by atoms with E-state index in [9.17, 15) is 23.3 Å². The molecule has 0 saturated carbocycles. The van der Waals surface area contributed by atoms with Crippen LogP contribution in [-0.4, -0.2) is 16.3 Å². The summed E-state index contributed by atoms with van der Waals surface area (Å²) in [7, 11) is 0. The van der Waals surface area contributed by atoms with Crippen molar-refractivity contribution < 1.29 is 22.8 Å². The second-order valence-corrected chi connectivity index (χ2v) is 2.66. The number of hydrogen-bond acceptors (Lipinski definition) is 5. The minimum Gasteiger partial charge on any atom is -0.388 e. The molecule has 0 bridgehead atoms. The molecule has 0 aliphatic heterocycles. The number of alkyl halides is 3. The van der Waals surface area contributed by atoms with Gasteiger partial charge in [0.1, 0.15) is 0 Å². The summed E-state index contributed by atoms with van der Waals surface area (Å²) in [5.41, 5.74) is 4.63. The molecule has 1 aromatic rings. The van der Waals surface area contributed by atoms with Gasteiger partial charge in [-0.2, -0.15) is 0 Å². The normalized spacial score (nSPS) is 11.2. The van der Waals surface area contributed by atoms with E-state index in [0.717, 1.165) is 6.20 Å². The molecule has 0 unspecified atom stereocenters. The summed E-state index contributed by atoms with van der Waals surface area (Å²) in [6, 6.07) is 0.579. The average Bonchev–Trinajstić information content (AvgIpc) is 2.15. The molecule has 1 rings (SSSR count). The predicted molar refractivity (Wildman–Crippen MR) is 45.5 cm³/mol. The number of nitrogens with two attached hydrogens (primary N) is 1. The van der Waals surface area contributed by atoms with Crippen LogP contribution in [0.25, 0.3) is 0 Å². The number of hydrogen-bond donors (Lipinski definition) is 1. The van der Waals surface area contributed by atoms with Crippen molar-refractivity contribution in [3.05, 3.63) is 27.9 Å². The largest absolute Gasteiger partial charge is 0.574 e. The van der Waals surface area contributed by atoms with E-state index in [0.29, 0.717) is 6.07 Å². The van der Waals surface area contributed by atoms with Gasteiger partial charge < -0.3 is 10.5 Å². The van der Waals surface area contributed by atoms with Crippen molar-refractivity contribution in [2.45, 2.75) is 12.9 Å². The molecule has 0 spiro atoms. The number of nitro groups is 1. The van der Waals surface area contributed by atoms with Crippen LogP contribution in [0.4, 0.5) is 18.9 Å². The predicted octanol–water partition coefficient (Wildman–Crippen LogP) is 1.35. The Balaban J connectivity index is 3.07. The number of rotatable bonds is 3. The van der Waals surface area contributed by atoms with E-state index in [2.05, 4.69) is 9.72 Å². The standard InChI is InChI=1S/C7H6F3N3O3/c8-7(9,10)16-6-1-5(13(14)15)4(2-11)3-12-6/h1,3H,2,11H2. The molecule has 0 aliphatic rings. The summed E-state index contributed by atoms with van der Waals surface area (Å²) in [6.45, 7) is -0.199. The van der Waals surface area contributed by atoms with Gasteiger partial charge in [-0.25, -0.2) is 4.98 Å². The zero-order valence-electron chi connectivity index (χ0n) is 7.69. The van der Waals surface area contributed by atoms with E-state index < -0.39 is 22.9 Å². The molecule has 0 aliphatic carbocycles. The highest BCUT2D eigenvalue weighted by molar-refractivity contribution is 5.41. The van der Waals surface area contributed by atoms with Gasteiger partial charge in [-0.3, -0.25) is 10.1 Å². The van der Waals surface area contributed by atoms with Crippen LogP contribution >= 0.6 is 0 Å². The Hall–Kier alpha value is -1.90. The molecule has 1 heterocycles. The topological polar surface area (TPSA) is 91.3 Å². The zero-order chi connectivity index (χ0) is 12.3. The van der Waals surface area contributed by atoms with Crippen molar-refractivity contribution in [1.29, 1.82) is 0 Å². The maximum Gasteiger partial charge on any atom is 0.574 e.